The largest absolute Gasteiger partial charge is 0.306 e. The van der Waals surface area contributed by atoms with Gasteiger partial charge in [-0.15, -0.1) is 0 Å². The zero-order chi connectivity index (χ0) is 9.97. The molecule has 0 fully saturated rings. The van der Waals surface area contributed by atoms with Crippen LogP contribution in [0.3, 0.4) is 0 Å². The normalized spacial score (nSPS) is 10.4. The predicted octanol–water partition coefficient (Wildman–Crippen LogP) is 2.74. The lowest BCUT2D eigenvalue weighted by Gasteiger charge is -2.11. The van der Waals surface area contributed by atoms with Gasteiger partial charge in [0, 0.05) is 12.4 Å². The lowest BCUT2D eigenvalue weighted by molar-refractivity contribution is 0.989. The van der Waals surface area contributed by atoms with Gasteiger partial charge in [-0.3, -0.25) is 0 Å². The molecule has 0 unspecified atom stereocenters. The van der Waals surface area contributed by atoms with Crippen LogP contribution in [0.4, 0.5) is 0 Å². The molecule has 0 saturated heterocycles. The molecule has 0 spiro atoms. The van der Waals surface area contributed by atoms with E-state index >= 15 is 0 Å². The molecule has 72 valence electrons. The third kappa shape index (κ3) is 1.43. The number of para-hydroxylation sites is 1. The van der Waals surface area contributed by atoms with Gasteiger partial charge in [-0.1, -0.05) is 25.1 Å². The third-order valence-corrected chi connectivity index (χ3v) is 2.46. The van der Waals surface area contributed by atoms with E-state index in [1.54, 1.807) is 0 Å². The molecule has 0 atom stereocenters. The van der Waals surface area contributed by atoms with Crippen LogP contribution in [-0.2, 0) is 6.42 Å². The van der Waals surface area contributed by atoms with Gasteiger partial charge in [0.1, 0.15) is 0 Å². The highest BCUT2D eigenvalue weighted by Gasteiger charge is 2.04. The summed E-state index contributed by atoms with van der Waals surface area (Å²) in [4.78, 5) is 4.08. The molecule has 2 aromatic rings. The van der Waals surface area contributed by atoms with E-state index in [1.807, 2.05) is 18.7 Å². The summed E-state index contributed by atoms with van der Waals surface area (Å²) in [6.45, 7) is 4.31. The molecule has 2 rings (SSSR count). The predicted molar refractivity (Wildman–Crippen MR) is 57.7 cm³/mol. The molecule has 0 amide bonds. The van der Waals surface area contributed by atoms with Gasteiger partial charge in [-0.05, 0) is 24.5 Å². The average molecular weight is 186 g/mol. The second-order valence-corrected chi connectivity index (χ2v) is 3.41. The first-order chi connectivity index (χ1) is 6.83. The zero-order valence-electron chi connectivity index (χ0n) is 8.57. The maximum Gasteiger partial charge on any atom is 0.0991 e. The van der Waals surface area contributed by atoms with E-state index in [1.165, 1.54) is 16.8 Å². The molecule has 14 heavy (non-hydrogen) atoms. The summed E-state index contributed by atoms with van der Waals surface area (Å²) in [6, 6.07) is 6.41. The minimum Gasteiger partial charge on any atom is -0.306 e. The van der Waals surface area contributed by atoms with Crippen LogP contribution in [0.1, 0.15) is 18.1 Å². The Morgan fingerprint density at radius 1 is 1.36 bits per heavy atom. The van der Waals surface area contributed by atoms with Crippen molar-refractivity contribution < 1.29 is 0 Å². The van der Waals surface area contributed by atoms with Gasteiger partial charge in [-0.2, -0.15) is 0 Å². The van der Waals surface area contributed by atoms with Gasteiger partial charge < -0.3 is 4.57 Å². The van der Waals surface area contributed by atoms with Crippen molar-refractivity contribution in [2.45, 2.75) is 20.3 Å². The fraction of sp³-hybridized carbons (Fsp3) is 0.250. The lowest BCUT2D eigenvalue weighted by Crippen LogP contribution is -1.99. The quantitative estimate of drug-likeness (QED) is 0.705. The molecular weight excluding hydrogens is 172 g/mol. The van der Waals surface area contributed by atoms with Crippen molar-refractivity contribution in [1.82, 2.24) is 9.55 Å². The number of rotatable bonds is 2. The van der Waals surface area contributed by atoms with Crippen LogP contribution >= 0.6 is 0 Å². The van der Waals surface area contributed by atoms with Crippen LogP contribution in [0.25, 0.3) is 5.69 Å². The summed E-state index contributed by atoms with van der Waals surface area (Å²) in [5.41, 5.74) is 3.93. The van der Waals surface area contributed by atoms with Gasteiger partial charge in [0.05, 0.1) is 12.0 Å². The fourth-order valence-corrected chi connectivity index (χ4v) is 1.77. The summed E-state index contributed by atoms with van der Waals surface area (Å²) < 4.78 is 2.08. The first kappa shape index (κ1) is 9.00. The monoisotopic (exact) mass is 186 g/mol. The highest BCUT2D eigenvalue weighted by Crippen LogP contribution is 2.19. The molecule has 1 heterocycles. The number of hydrogen-bond donors (Lipinski definition) is 0. The molecule has 0 bridgehead atoms. The molecule has 1 aromatic heterocycles. The van der Waals surface area contributed by atoms with Gasteiger partial charge in [-0.25, -0.2) is 4.98 Å². The molecule has 0 N–H and O–H groups in total. The number of imidazole rings is 1. The van der Waals surface area contributed by atoms with Crippen molar-refractivity contribution in [3.05, 3.63) is 48.0 Å². The number of benzene rings is 1. The van der Waals surface area contributed by atoms with Gasteiger partial charge in [0.15, 0.2) is 0 Å². The Morgan fingerprint density at radius 3 is 2.86 bits per heavy atom. The van der Waals surface area contributed by atoms with E-state index in [9.17, 15) is 0 Å². The van der Waals surface area contributed by atoms with Crippen LogP contribution in [0, 0.1) is 6.92 Å². The standard InChI is InChI=1S/C12H14N2/c1-3-11-6-4-5-10(2)12(11)14-8-7-13-9-14/h4-9H,3H2,1-2H3. The Balaban J connectivity index is 2.61. The first-order valence-corrected chi connectivity index (χ1v) is 4.89. The van der Waals surface area contributed by atoms with Crippen molar-refractivity contribution in [3.63, 3.8) is 0 Å². The Morgan fingerprint density at radius 2 is 2.21 bits per heavy atom. The van der Waals surface area contributed by atoms with Gasteiger partial charge in [0.25, 0.3) is 0 Å². The lowest BCUT2D eigenvalue weighted by atomic mass is 10.1. The Hall–Kier alpha value is -1.57. The van der Waals surface area contributed by atoms with Crippen molar-refractivity contribution in [2.75, 3.05) is 0 Å². The molecule has 0 radical (unpaired) electrons. The van der Waals surface area contributed by atoms with Crippen molar-refractivity contribution in [2.24, 2.45) is 0 Å². The molecule has 1 aromatic carbocycles. The van der Waals surface area contributed by atoms with E-state index in [0.717, 1.165) is 6.42 Å². The molecule has 0 aliphatic heterocycles. The highest BCUT2D eigenvalue weighted by atomic mass is 15.0. The number of nitrogens with zero attached hydrogens (tertiary/aromatic N) is 2. The highest BCUT2D eigenvalue weighted by molar-refractivity contribution is 5.47. The number of aryl methyl sites for hydroxylation is 2. The molecule has 2 nitrogen and oxygen atoms in total. The van der Waals surface area contributed by atoms with E-state index in [2.05, 4.69) is 41.6 Å². The van der Waals surface area contributed by atoms with Crippen molar-refractivity contribution in [1.29, 1.82) is 0 Å². The van der Waals surface area contributed by atoms with Crippen LogP contribution in [0.15, 0.2) is 36.9 Å². The number of aromatic nitrogens is 2. The summed E-state index contributed by atoms with van der Waals surface area (Å²) in [6.07, 6.45) is 6.70. The van der Waals surface area contributed by atoms with Crippen LogP contribution in [-0.4, -0.2) is 9.55 Å². The summed E-state index contributed by atoms with van der Waals surface area (Å²) in [7, 11) is 0. The van der Waals surface area contributed by atoms with Crippen LogP contribution in [0.5, 0.6) is 0 Å². The Bertz CT molecular complexity index is 416. The van der Waals surface area contributed by atoms with E-state index in [4.69, 9.17) is 0 Å². The fourth-order valence-electron chi connectivity index (χ4n) is 1.77. The Labute approximate surface area is 84.2 Å². The second-order valence-electron chi connectivity index (χ2n) is 3.41. The third-order valence-electron chi connectivity index (χ3n) is 2.46. The molecule has 0 saturated carbocycles. The summed E-state index contributed by atoms with van der Waals surface area (Å²) in [5, 5.41) is 0. The molecule has 0 aliphatic rings. The Kier molecular flexibility index (Phi) is 2.35. The summed E-state index contributed by atoms with van der Waals surface area (Å²) >= 11 is 0. The van der Waals surface area contributed by atoms with Crippen LogP contribution in [0.2, 0.25) is 0 Å². The number of hydrogen-bond acceptors (Lipinski definition) is 1. The molecule has 0 aliphatic carbocycles. The van der Waals surface area contributed by atoms with Crippen LogP contribution < -0.4 is 0 Å². The summed E-state index contributed by atoms with van der Waals surface area (Å²) in [5.74, 6) is 0. The minimum atomic E-state index is 1.05. The van der Waals surface area contributed by atoms with E-state index in [0.29, 0.717) is 0 Å². The van der Waals surface area contributed by atoms with Gasteiger partial charge >= 0.3 is 0 Å². The van der Waals surface area contributed by atoms with E-state index < -0.39 is 0 Å². The van der Waals surface area contributed by atoms with Gasteiger partial charge in [0.2, 0.25) is 0 Å². The SMILES string of the molecule is CCc1cccc(C)c1-n1ccnc1. The minimum absolute atomic E-state index is 1.05. The first-order valence-electron chi connectivity index (χ1n) is 4.89. The smallest absolute Gasteiger partial charge is 0.0991 e. The second kappa shape index (κ2) is 3.66. The van der Waals surface area contributed by atoms with Crippen molar-refractivity contribution >= 4 is 0 Å². The average Bonchev–Trinajstić information content (AvgIpc) is 2.70. The molecular formula is C12H14N2. The maximum absolute atomic E-state index is 4.08. The topological polar surface area (TPSA) is 17.8 Å². The molecule has 2 heteroatoms. The zero-order valence-corrected chi connectivity index (χ0v) is 8.57. The maximum atomic E-state index is 4.08. The van der Waals surface area contributed by atoms with Crippen molar-refractivity contribution in [3.8, 4) is 5.69 Å². The van der Waals surface area contributed by atoms with E-state index in [-0.39, 0.29) is 0 Å².